The molecular weight excluding hydrogens is 344 g/mol. The van der Waals surface area contributed by atoms with Gasteiger partial charge in [0.15, 0.2) is 0 Å². The summed E-state index contributed by atoms with van der Waals surface area (Å²) in [5, 5.41) is 6.15. The van der Waals surface area contributed by atoms with Crippen molar-refractivity contribution < 1.29 is 8.78 Å². The first-order valence-corrected chi connectivity index (χ1v) is 8.49. The molecule has 0 spiro atoms. The molecule has 0 aliphatic rings. The smallest absolute Gasteiger partial charge is 0.125 e. The van der Waals surface area contributed by atoms with Crippen LogP contribution in [0.2, 0.25) is 0 Å². The zero-order valence-electron chi connectivity index (χ0n) is 14.1. The molecule has 0 amide bonds. The van der Waals surface area contributed by atoms with Crippen LogP contribution >= 0.6 is 0 Å². The van der Waals surface area contributed by atoms with E-state index in [1.54, 1.807) is 29.1 Å². The average molecular weight is 357 g/mol. The second-order valence-corrected chi connectivity index (χ2v) is 6.29. The van der Waals surface area contributed by atoms with Gasteiger partial charge >= 0.3 is 0 Å². The Morgan fingerprint density at radius 3 is 2.37 bits per heavy atom. The van der Waals surface area contributed by atoms with Crippen LogP contribution in [0.3, 0.4) is 0 Å². The molecule has 0 atom stereocenters. The molecule has 5 rings (SSSR count). The maximum Gasteiger partial charge on any atom is 0.125 e. The molecule has 130 valence electrons. The topological polar surface area (TPSA) is 30.7 Å². The molecule has 0 saturated carbocycles. The molecule has 27 heavy (non-hydrogen) atoms. The van der Waals surface area contributed by atoms with Gasteiger partial charge in [0.1, 0.15) is 17.3 Å². The number of pyridine rings is 1. The van der Waals surface area contributed by atoms with E-state index in [4.69, 9.17) is 5.10 Å². The van der Waals surface area contributed by atoms with Gasteiger partial charge in [-0.1, -0.05) is 36.4 Å². The fraction of sp³-hybridized carbons (Fsp3) is 0. The first-order valence-electron chi connectivity index (χ1n) is 8.49. The number of hydrogen-bond donors (Lipinski definition) is 0. The Hall–Kier alpha value is -3.60. The van der Waals surface area contributed by atoms with Gasteiger partial charge in [-0.3, -0.25) is 4.98 Å². The summed E-state index contributed by atoms with van der Waals surface area (Å²) in [6.45, 7) is 0. The van der Waals surface area contributed by atoms with Crippen molar-refractivity contribution in [2.45, 2.75) is 0 Å². The highest BCUT2D eigenvalue weighted by Crippen LogP contribution is 2.33. The maximum atomic E-state index is 14.0. The zero-order valence-corrected chi connectivity index (χ0v) is 14.1. The van der Waals surface area contributed by atoms with Crippen molar-refractivity contribution in [1.29, 1.82) is 0 Å². The van der Waals surface area contributed by atoms with Crippen LogP contribution in [0.5, 0.6) is 0 Å². The van der Waals surface area contributed by atoms with Crippen molar-refractivity contribution in [3.63, 3.8) is 0 Å². The molecular formula is C22H13F2N3. The quantitative estimate of drug-likeness (QED) is 0.416. The first-order chi connectivity index (χ1) is 13.2. The normalized spacial score (nSPS) is 11.3. The number of hydrogen-bond acceptors (Lipinski definition) is 2. The van der Waals surface area contributed by atoms with E-state index in [0.29, 0.717) is 27.8 Å². The number of nitrogens with zero attached hydrogens (tertiary/aromatic N) is 3. The van der Waals surface area contributed by atoms with Crippen molar-refractivity contribution in [3.05, 3.63) is 90.6 Å². The summed E-state index contributed by atoms with van der Waals surface area (Å²) < 4.78 is 29.5. The van der Waals surface area contributed by atoms with Gasteiger partial charge in [-0.2, -0.15) is 5.10 Å². The van der Waals surface area contributed by atoms with Crippen molar-refractivity contribution >= 4 is 21.8 Å². The van der Waals surface area contributed by atoms with Crippen LogP contribution in [0.1, 0.15) is 0 Å². The summed E-state index contributed by atoms with van der Waals surface area (Å²) in [4.78, 5) is 4.47. The van der Waals surface area contributed by atoms with Crippen molar-refractivity contribution in [3.8, 4) is 16.9 Å². The second-order valence-electron chi connectivity index (χ2n) is 6.29. The van der Waals surface area contributed by atoms with Gasteiger partial charge in [-0.25, -0.2) is 13.5 Å². The minimum absolute atomic E-state index is 0.356. The summed E-state index contributed by atoms with van der Waals surface area (Å²) in [5.74, 6) is -0.716. The van der Waals surface area contributed by atoms with Crippen LogP contribution in [0, 0.1) is 11.6 Å². The second kappa shape index (κ2) is 5.99. The maximum absolute atomic E-state index is 14.0. The third-order valence-corrected chi connectivity index (χ3v) is 4.57. The average Bonchev–Trinajstić information content (AvgIpc) is 3.09. The SMILES string of the molecule is Fc1cccc(-n2nc(-c3ccccc3)c3cnc4ccc(F)cc4c32)c1. The predicted molar refractivity (Wildman–Crippen MR) is 102 cm³/mol. The molecule has 0 bridgehead atoms. The van der Waals surface area contributed by atoms with Gasteiger partial charge in [-0.05, 0) is 36.4 Å². The fourth-order valence-corrected chi connectivity index (χ4v) is 3.36. The molecule has 5 aromatic rings. The molecule has 0 radical (unpaired) electrons. The molecule has 0 saturated heterocycles. The Morgan fingerprint density at radius 1 is 0.741 bits per heavy atom. The van der Waals surface area contributed by atoms with Crippen molar-refractivity contribution in [2.24, 2.45) is 0 Å². The summed E-state index contributed by atoms with van der Waals surface area (Å²) in [7, 11) is 0. The summed E-state index contributed by atoms with van der Waals surface area (Å²) in [6, 6.07) is 20.3. The number of halogens is 2. The van der Waals surface area contributed by atoms with E-state index in [1.165, 1.54) is 24.3 Å². The molecule has 3 aromatic carbocycles. The van der Waals surface area contributed by atoms with E-state index in [2.05, 4.69) is 4.98 Å². The third kappa shape index (κ3) is 2.56. The lowest BCUT2D eigenvalue weighted by molar-refractivity contribution is 0.625. The highest BCUT2D eigenvalue weighted by Gasteiger charge is 2.17. The van der Waals surface area contributed by atoms with Gasteiger partial charge in [0.25, 0.3) is 0 Å². The molecule has 2 aromatic heterocycles. The van der Waals surface area contributed by atoms with E-state index in [-0.39, 0.29) is 11.6 Å². The van der Waals surface area contributed by atoms with E-state index in [9.17, 15) is 8.78 Å². The van der Waals surface area contributed by atoms with Crippen molar-refractivity contribution in [1.82, 2.24) is 14.8 Å². The molecule has 5 heteroatoms. The van der Waals surface area contributed by atoms with Crippen LogP contribution in [-0.2, 0) is 0 Å². The van der Waals surface area contributed by atoms with Gasteiger partial charge in [0.05, 0.1) is 16.7 Å². The molecule has 2 heterocycles. The third-order valence-electron chi connectivity index (χ3n) is 4.57. The van der Waals surface area contributed by atoms with Gasteiger partial charge in [-0.15, -0.1) is 0 Å². The summed E-state index contributed by atoms with van der Waals surface area (Å²) in [5.41, 5.74) is 3.55. The Morgan fingerprint density at radius 2 is 1.56 bits per heavy atom. The first kappa shape index (κ1) is 15.6. The molecule has 0 fully saturated rings. The zero-order chi connectivity index (χ0) is 18.4. The number of fused-ring (bicyclic) bond motifs is 3. The lowest BCUT2D eigenvalue weighted by Gasteiger charge is -2.06. The fourth-order valence-electron chi connectivity index (χ4n) is 3.36. The van der Waals surface area contributed by atoms with Crippen molar-refractivity contribution in [2.75, 3.05) is 0 Å². The summed E-state index contributed by atoms with van der Waals surface area (Å²) >= 11 is 0. The molecule has 0 unspecified atom stereocenters. The highest BCUT2D eigenvalue weighted by molar-refractivity contribution is 6.08. The Kier molecular flexibility index (Phi) is 3.47. The van der Waals surface area contributed by atoms with E-state index < -0.39 is 0 Å². The van der Waals surface area contributed by atoms with Crippen LogP contribution in [0.25, 0.3) is 38.8 Å². The Bertz CT molecular complexity index is 1290. The van der Waals surface area contributed by atoms with E-state index in [0.717, 1.165) is 10.9 Å². The summed E-state index contributed by atoms with van der Waals surface area (Å²) in [6.07, 6.45) is 1.74. The lowest BCUT2D eigenvalue weighted by atomic mass is 10.1. The van der Waals surface area contributed by atoms with Crippen LogP contribution in [-0.4, -0.2) is 14.8 Å². The Balaban J connectivity index is 1.94. The van der Waals surface area contributed by atoms with Gasteiger partial charge in [0, 0.05) is 22.5 Å². The minimum Gasteiger partial charge on any atom is -0.255 e. The van der Waals surface area contributed by atoms with E-state index in [1.807, 2.05) is 30.3 Å². The predicted octanol–water partition coefficient (Wildman–Crippen LogP) is 5.52. The minimum atomic E-state index is -0.359. The van der Waals surface area contributed by atoms with Crippen LogP contribution < -0.4 is 0 Å². The largest absolute Gasteiger partial charge is 0.255 e. The molecule has 0 aliphatic carbocycles. The standard InChI is InChI=1S/C22H13F2N3/c23-15-7-4-8-17(11-15)27-22-18-12-16(24)9-10-20(18)25-13-19(22)21(26-27)14-5-2-1-3-6-14/h1-13H. The van der Waals surface area contributed by atoms with Crippen LogP contribution in [0.4, 0.5) is 8.78 Å². The highest BCUT2D eigenvalue weighted by atomic mass is 19.1. The monoisotopic (exact) mass is 357 g/mol. The van der Waals surface area contributed by atoms with E-state index >= 15 is 0 Å². The Labute approximate surface area is 153 Å². The number of aromatic nitrogens is 3. The number of benzene rings is 3. The van der Waals surface area contributed by atoms with Gasteiger partial charge in [0.2, 0.25) is 0 Å². The van der Waals surface area contributed by atoms with Crippen LogP contribution in [0.15, 0.2) is 79.0 Å². The molecule has 0 aliphatic heterocycles. The van der Waals surface area contributed by atoms with Gasteiger partial charge < -0.3 is 0 Å². The number of rotatable bonds is 2. The molecule has 3 nitrogen and oxygen atoms in total. The lowest BCUT2D eigenvalue weighted by Crippen LogP contribution is -1.98. The molecule has 0 N–H and O–H groups in total.